The third kappa shape index (κ3) is 5.72. The molecule has 0 aromatic carbocycles. The molecule has 7 heteroatoms. The fourth-order valence-electron chi connectivity index (χ4n) is 0.398. The Hall–Kier alpha value is -0.715. The van der Waals surface area contributed by atoms with Crippen LogP contribution in [0.15, 0.2) is 0 Å². The first-order valence-electron chi connectivity index (χ1n) is 3.00. The second-order valence-electron chi connectivity index (χ2n) is 2.18. The van der Waals surface area contributed by atoms with Gasteiger partial charge >= 0.3 is 12.9 Å². The molecule has 66 valence electrons. The number of hydrogen-bond donors (Lipinski definition) is 2. The summed E-state index contributed by atoms with van der Waals surface area (Å²) < 4.78 is 34.5. The molecule has 0 rings (SSSR count). The zero-order chi connectivity index (χ0) is 9.07. The quantitative estimate of drug-likeness (QED) is 0.601. The molecule has 0 radical (unpaired) electrons. The molecule has 0 saturated carbocycles. The van der Waals surface area contributed by atoms with Crippen LogP contribution in [0.3, 0.4) is 0 Å². The summed E-state index contributed by atoms with van der Waals surface area (Å²) in [6.07, 6.45) is -1.21. The Morgan fingerprint density at radius 1 is 1.64 bits per heavy atom. The Labute approximate surface area is 61.6 Å². The Morgan fingerprint density at radius 3 is 2.36 bits per heavy atom. The zero-order valence-electron chi connectivity index (χ0n) is 5.85. The number of nitrogens with one attached hydrogen (secondary N) is 1. The van der Waals surface area contributed by atoms with Crippen molar-refractivity contribution in [2.75, 3.05) is 6.44 Å². The molecule has 3 nitrogen and oxygen atoms in total. The molecule has 0 amide bonds. The second kappa shape index (κ2) is 3.61. The summed E-state index contributed by atoms with van der Waals surface area (Å²) in [6, 6.07) is -1.15. The van der Waals surface area contributed by atoms with Gasteiger partial charge in [-0.1, -0.05) is 0 Å². The van der Waals surface area contributed by atoms with Gasteiger partial charge in [0.05, 0.1) is 0 Å². The number of carboxylic acid groups (broad SMARTS) is 1. The molecule has 0 spiro atoms. The van der Waals surface area contributed by atoms with Gasteiger partial charge in [-0.2, -0.15) is 0 Å². The minimum absolute atomic E-state index is 1.15. The van der Waals surface area contributed by atoms with Crippen molar-refractivity contribution in [3.63, 3.8) is 0 Å². The Bertz CT molecular complexity index is 149. The average molecular weight is 170 g/mol. The molecule has 0 aromatic heterocycles. The van der Waals surface area contributed by atoms with Crippen molar-refractivity contribution in [2.45, 2.75) is 13.0 Å². The molecule has 0 heterocycles. The van der Waals surface area contributed by atoms with Gasteiger partial charge in [0.2, 0.25) is 0 Å². The highest BCUT2D eigenvalue weighted by Crippen LogP contribution is 2.05. The molecule has 0 aliphatic rings. The summed E-state index contributed by atoms with van der Waals surface area (Å²) in [5, 5.41) is 9.98. The number of hydrogen-bond acceptors (Lipinski definition) is 2. The van der Waals surface area contributed by atoms with Crippen LogP contribution in [0, 0.1) is 0 Å². The topological polar surface area (TPSA) is 49.3 Å². The zero-order valence-corrected chi connectivity index (χ0v) is 5.85. The summed E-state index contributed by atoms with van der Waals surface area (Å²) in [7, 11) is 0. The van der Waals surface area contributed by atoms with Crippen LogP contribution in [0.4, 0.5) is 12.9 Å². The van der Waals surface area contributed by atoms with Crippen molar-refractivity contribution in [1.29, 1.82) is 0 Å². The van der Waals surface area contributed by atoms with Crippen LogP contribution < -0.4 is 5.32 Å². The van der Waals surface area contributed by atoms with Crippen LogP contribution in [0.2, 0.25) is 0 Å². The van der Waals surface area contributed by atoms with Gasteiger partial charge in [-0.05, 0) is 13.4 Å². The lowest BCUT2D eigenvalue weighted by molar-refractivity contribution is -0.138. The van der Waals surface area contributed by atoms with Crippen molar-refractivity contribution >= 4 is 12.9 Å². The lowest BCUT2D eigenvalue weighted by Crippen LogP contribution is -2.42. The molecule has 1 atom stereocenters. The predicted octanol–water partition coefficient (Wildman–Crippen LogP) is 0.436. The van der Waals surface area contributed by atoms with E-state index in [1.807, 2.05) is 5.32 Å². The summed E-state index contributed by atoms with van der Waals surface area (Å²) >= 11 is 0. The first-order chi connectivity index (χ1) is 4.83. The summed E-state index contributed by atoms with van der Waals surface area (Å²) in [4.78, 5) is 9.99. The standard InChI is InChI=1S/C4H8BF3NO2/c1-3(4(10)11)9-2-5(6,7)8/h3,9H,2H2,1H3,(H,10,11)/q-1/t3-/m1/s1. The van der Waals surface area contributed by atoms with E-state index < -0.39 is 25.4 Å². The predicted molar refractivity (Wildman–Crippen MR) is 34.2 cm³/mol. The van der Waals surface area contributed by atoms with Gasteiger partial charge in [0, 0.05) is 0 Å². The fourth-order valence-corrected chi connectivity index (χ4v) is 0.398. The smallest absolute Gasteiger partial charge is 0.480 e. The second-order valence-corrected chi connectivity index (χ2v) is 2.18. The Kier molecular flexibility index (Phi) is 3.38. The Morgan fingerprint density at radius 2 is 2.09 bits per heavy atom. The van der Waals surface area contributed by atoms with Gasteiger partial charge in [-0.25, -0.2) is 0 Å². The van der Waals surface area contributed by atoms with Gasteiger partial charge < -0.3 is 23.4 Å². The van der Waals surface area contributed by atoms with E-state index in [1.54, 1.807) is 0 Å². The van der Waals surface area contributed by atoms with Crippen LogP contribution in [0.25, 0.3) is 0 Å². The molecular weight excluding hydrogens is 162 g/mol. The van der Waals surface area contributed by atoms with E-state index >= 15 is 0 Å². The molecule has 0 fully saturated rings. The third-order valence-corrected chi connectivity index (χ3v) is 1.03. The first-order valence-corrected chi connectivity index (χ1v) is 3.00. The molecule has 0 aliphatic carbocycles. The maximum absolute atomic E-state index is 11.5. The normalized spacial score (nSPS) is 14.5. The first kappa shape index (κ1) is 10.3. The van der Waals surface area contributed by atoms with Crippen LogP contribution >= 0.6 is 0 Å². The van der Waals surface area contributed by atoms with Crippen molar-refractivity contribution in [2.24, 2.45) is 0 Å². The fraction of sp³-hybridized carbons (Fsp3) is 0.750. The molecule has 0 bridgehead atoms. The van der Waals surface area contributed by atoms with Crippen molar-refractivity contribution in [3.05, 3.63) is 0 Å². The molecular formula is C4H8BF3NO2-. The summed E-state index contributed by atoms with van der Waals surface area (Å²) in [5.41, 5.74) is 0. The van der Waals surface area contributed by atoms with Gasteiger partial charge in [0.15, 0.2) is 0 Å². The van der Waals surface area contributed by atoms with Gasteiger partial charge in [-0.15, -0.1) is 0 Å². The van der Waals surface area contributed by atoms with Crippen LogP contribution in [0.1, 0.15) is 6.92 Å². The molecule has 0 saturated heterocycles. The van der Waals surface area contributed by atoms with E-state index in [2.05, 4.69) is 0 Å². The minimum atomic E-state index is -4.93. The molecule has 0 aliphatic heterocycles. The molecule has 2 N–H and O–H groups in total. The van der Waals surface area contributed by atoms with Gasteiger partial charge in [0.1, 0.15) is 6.04 Å². The van der Waals surface area contributed by atoms with E-state index in [4.69, 9.17) is 5.11 Å². The number of carbonyl (C=O) groups is 1. The Balaban J connectivity index is 3.63. The van der Waals surface area contributed by atoms with Gasteiger partial charge in [0.25, 0.3) is 0 Å². The van der Waals surface area contributed by atoms with Crippen LogP contribution in [0.5, 0.6) is 0 Å². The third-order valence-electron chi connectivity index (χ3n) is 1.03. The maximum Gasteiger partial charge on any atom is 0.491 e. The SMILES string of the molecule is C[C@@H](NC[B-](F)(F)F)C(=O)O. The van der Waals surface area contributed by atoms with E-state index in [-0.39, 0.29) is 0 Å². The average Bonchev–Trinajstić information content (AvgIpc) is 1.80. The van der Waals surface area contributed by atoms with E-state index in [0.717, 1.165) is 6.92 Å². The number of halogens is 3. The monoisotopic (exact) mass is 170 g/mol. The van der Waals surface area contributed by atoms with Crippen molar-refractivity contribution in [1.82, 2.24) is 5.32 Å². The number of carboxylic acids is 1. The maximum atomic E-state index is 11.5. The van der Waals surface area contributed by atoms with E-state index in [0.29, 0.717) is 0 Å². The molecule has 11 heavy (non-hydrogen) atoms. The molecule has 0 aromatic rings. The van der Waals surface area contributed by atoms with Crippen LogP contribution in [-0.2, 0) is 4.79 Å². The number of aliphatic carboxylic acids is 1. The van der Waals surface area contributed by atoms with E-state index in [9.17, 15) is 17.7 Å². The lowest BCUT2D eigenvalue weighted by atomic mass is 9.92. The summed E-state index contributed by atoms with van der Waals surface area (Å²) in [5.74, 6) is -1.29. The highest BCUT2D eigenvalue weighted by Gasteiger charge is 2.24. The van der Waals surface area contributed by atoms with E-state index in [1.165, 1.54) is 0 Å². The lowest BCUT2D eigenvalue weighted by Gasteiger charge is -2.16. The van der Waals surface area contributed by atoms with Crippen molar-refractivity contribution < 1.29 is 22.8 Å². The van der Waals surface area contributed by atoms with Crippen molar-refractivity contribution in [3.8, 4) is 0 Å². The largest absolute Gasteiger partial charge is 0.491 e. The van der Waals surface area contributed by atoms with Crippen LogP contribution in [-0.4, -0.2) is 30.5 Å². The number of rotatable bonds is 4. The molecule has 0 unspecified atom stereocenters. The highest BCUT2D eigenvalue weighted by molar-refractivity contribution is 6.58. The minimum Gasteiger partial charge on any atom is -0.480 e. The highest BCUT2D eigenvalue weighted by atomic mass is 19.4. The summed E-state index contributed by atoms with van der Waals surface area (Å²) in [6.45, 7) is -3.78. The van der Waals surface area contributed by atoms with Gasteiger partial charge in [-0.3, -0.25) is 4.79 Å².